The number of benzene rings is 2. The summed E-state index contributed by atoms with van der Waals surface area (Å²) < 4.78 is 1.75. The molecule has 0 aliphatic carbocycles. The molecule has 25 heavy (non-hydrogen) atoms. The fraction of sp³-hybridized carbons (Fsp3) is 0.0588. The first-order valence-corrected chi connectivity index (χ1v) is 8.85. The molecule has 0 saturated heterocycles. The normalized spacial score (nSPS) is 10.5. The number of halogens is 3. The molecular formula is C17H13Cl3N4S. The van der Waals surface area contributed by atoms with Crippen LogP contribution in [0.1, 0.15) is 5.56 Å². The summed E-state index contributed by atoms with van der Waals surface area (Å²) in [4.78, 5) is 0. The van der Waals surface area contributed by atoms with Crippen molar-refractivity contribution < 1.29 is 0 Å². The van der Waals surface area contributed by atoms with Gasteiger partial charge in [-0.3, -0.25) is 4.68 Å². The number of rotatable bonds is 4. The Bertz CT molecular complexity index is 896. The topological polar surface area (TPSA) is 41.9 Å². The summed E-state index contributed by atoms with van der Waals surface area (Å²) in [6.45, 7) is 0.617. The van der Waals surface area contributed by atoms with Crippen LogP contribution in [0.4, 0.5) is 11.5 Å². The number of hydrogen-bond acceptors (Lipinski definition) is 2. The van der Waals surface area contributed by atoms with E-state index in [1.807, 2.05) is 30.3 Å². The molecule has 0 bridgehead atoms. The summed E-state index contributed by atoms with van der Waals surface area (Å²) in [6.07, 6.45) is 1.74. The average Bonchev–Trinajstić information content (AvgIpc) is 2.90. The molecule has 0 radical (unpaired) electrons. The zero-order valence-corrected chi connectivity index (χ0v) is 15.9. The number of anilines is 2. The Morgan fingerprint density at radius 1 is 1.00 bits per heavy atom. The Hall–Kier alpha value is -1.79. The first-order chi connectivity index (χ1) is 12.0. The molecule has 1 heterocycles. The van der Waals surface area contributed by atoms with E-state index in [0.29, 0.717) is 38.2 Å². The van der Waals surface area contributed by atoms with Gasteiger partial charge in [0.25, 0.3) is 0 Å². The van der Waals surface area contributed by atoms with Gasteiger partial charge in [-0.1, -0.05) is 65.1 Å². The van der Waals surface area contributed by atoms with Crippen LogP contribution in [-0.4, -0.2) is 14.9 Å². The lowest BCUT2D eigenvalue weighted by Gasteiger charge is -2.10. The fourth-order valence-electron chi connectivity index (χ4n) is 2.19. The number of thiocarbonyl (C=S) groups is 1. The minimum Gasteiger partial charge on any atom is -0.331 e. The molecule has 4 nitrogen and oxygen atoms in total. The fourth-order valence-corrected chi connectivity index (χ4v) is 3.05. The van der Waals surface area contributed by atoms with Crippen LogP contribution >= 0.6 is 47.0 Å². The molecule has 3 aromatic rings. The van der Waals surface area contributed by atoms with Crippen molar-refractivity contribution in [1.82, 2.24) is 9.78 Å². The molecule has 0 aliphatic heterocycles. The molecule has 0 atom stereocenters. The third kappa shape index (κ3) is 4.86. The van der Waals surface area contributed by atoms with Crippen LogP contribution < -0.4 is 10.6 Å². The van der Waals surface area contributed by atoms with Gasteiger partial charge in [-0.15, -0.1) is 0 Å². The van der Waals surface area contributed by atoms with E-state index in [4.69, 9.17) is 47.0 Å². The van der Waals surface area contributed by atoms with Crippen LogP contribution in [0.5, 0.6) is 0 Å². The molecule has 2 aromatic carbocycles. The second-order valence-corrected chi connectivity index (χ2v) is 6.87. The highest BCUT2D eigenvalue weighted by molar-refractivity contribution is 7.80. The van der Waals surface area contributed by atoms with E-state index in [1.54, 1.807) is 29.1 Å². The minimum atomic E-state index is 0.330. The maximum atomic E-state index is 6.23. The van der Waals surface area contributed by atoms with Crippen LogP contribution in [0.25, 0.3) is 0 Å². The zero-order chi connectivity index (χ0) is 17.8. The second kappa shape index (κ2) is 8.06. The minimum absolute atomic E-state index is 0.330. The summed E-state index contributed by atoms with van der Waals surface area (Å²) in [5.74, 6) is 0.472. The summed E-state index contributed by atoms with van der Waals surface area (Å²) in [6, 6.07) is 15.1. The molecule has 128 valence electrons. The van der Waals surface area contributed by atoms with Gasteiger partial charge in [0.05, 0.1) is 17.3 Å². The van der Waals surface area contributed by atoms with Crippen molar-refractivity contribution in [3.63, 3.8) is 0 Å². The summed E-state index contributed by atoms with van der Waals surface area (Å²) in [7, 11) is 0. The molecule has 0 aliphatic rings. The Labute approximate surface area is 165 Å². The number of aromatic nitrogens is 2. The van der Waals surface area contributed by atoms with Gasteiger partial charge >= 0.3 is 0 Å². The summed E-state index contributed by atoms with van der Waals surface area (Å²) >= 11 is 23.5. The molecular weight excluding hydrogens is 399 g/mol. The monoisotopic (exact) mass is 410 g/mol. The quantitative estimate of drug-likeness (QED) is 0.540. The average molecular weight is 412 g/mol. The van der Waals surface area contributed by atoms with Gasteiger partial charge in [0.2, 0.25) is 0 Å². The largest absolute Gasteiger partial charge is 0.331 e. The van der Waals surface area contributed by atoms with Crippen molar-refractivity contribution in [1.29, 1.82) is 0 Å². The van der Waals surface area contributed by atoms with Crippen molar-refractivity contribution in [2.45, 2.75) is 6.54 Å². The lowest BCUT2D eigenvalue weighted by atomic mass is 10.2. The number of nitrogens with one attached hydrogen (secondary N) is 2. The smallest absolute Gasteiger partial charge is 0.176 e. The number of nitrogens with zero attached hydrogens (tertiary/aromatic N) is 2. The molecule has 1 aromatic heterocycles. The predicted molar refractivity (Wildman–Crippen MR) is 109 cm³/mol. The SMILES string of the molecule is S=C(Nc1ccc(Cl)cc1Cl)Nc1nn(Cc2ccccc2)cc1Cl. The highest BCUT2D eigenvalue weighted by atomic mass is 35.5. The van der Waals surface area contributed by atoms with Crippen LogP contribution in [0.3, 0.4) is 0 Å². The van der Waals surface area contributed by atoms with Gasteiger partial charge in [-0.25, -0.2) is 0 Å². The van der Waals surface area contributed by atoms with E-state index in [2.05, 4.69) is 15.7 Å². The van der Waals surface area contributed by atoms with Crippen LogP contribution in [0, 0.1) is 0 Å². The lowest BCUT2D eigenvalue weighted by molar-refractivity contribution is 0.690. The Morgan fingerprint density at radius 2 is 1.76 bits per heavy atom. The van der Waals surface area contributed by atoms with Crippen molar-refractivity contribution in [2.75, 3.05) is 10.6 Å². The highest BCUT2D eigenvalue weighted by Crippen LogP contribution is 2.26. The molecule has 2 N–H and O–H groups in total. The highest BCUT2D eigenvalue weighted by Gasteiger charge is 2.10. The molecule has 0 unspecified atom stereocenters. The van der Waals surface area contributed by atoms with Crippen LogP contribution in [0.2, 0.25) is 15.1 Å². The zero-order valence-electron chi connectivity index (χ0n) is 12.8. The van der Waals surface area contributed by atoms with Gasteiger partial charge in [-0.2, -0.15) is 5.10 Å². The van der Waals surface area contributed by atoms with Gasteiger partial charge < -0.3 is 10.6 Å². The Kier molecular flexibility index (Phi) is 5.81. The molecule has 3 rings (SSSR count). The third-order valence-electron chi connectivity index (χ3n) is 3.32. The van der Waals surface area contributed by atoms with Gasteiger partial charge in [0.15, 0.2) is 10.9 Å². The molecule has 8 heteroatoms. The van der Waals surface area contributed by atoms with Crippen LogP contribution in [0.15, 0.2) is 54.7 Å². The maximum Gasteiger partial charge on any atom is 0.176 e. The lowest BCUT2D eigenvalue weighted by Crippen LogP contribution is -2.20. The standard InChI is InChI=1S/C17H13Cl3N4S/c18-12-6-7-15(13(19)8-12)21-17(25)22-16-14(20)10-24(23-16)9-11-4-2-1-3-5-11/h1-8,10H,9H2,(H2,21,22,23,25). The molecule has 0 saturated carbocycles. The summed E-state index contributed by atoms with van der Waals surface area (Å²) in [5.41, 5.74) is 1.77. The van der Waals surface area contributed by atoms with Gasteiger partial charge in [0.1, 0.15) is 5.02 Å². The molecule has 0 spiro atoms. The van der Waals surface area contributed by atoms with E-state index in [-0.39, 0.29) is 0 Å². The first-order valence-electron chi connectivity index (χ1n) is 7.31. The second-order valence-electron chi connectivity index (χ2n) is 5.21. The Balaban J connectivity index is 1.67. The van der Waals surface area contributed by atoms with Crippen LogP contribution in [-0.2, 0) is 6.54 Å². The van der Waals surface area contributed by atoms with E-state index in [1.165, 1.54) is 0 Å². The van der Waals surface area contributed by atoms with E-state index in [0.717, 1.165) is 5.56 Å². The van der Waals surface area contributed by atoms with Crippen molar-refractivity contribution in [3.8, 4) is 0 Å². The van der Waals surface area contributed by atoms with E-state index < -0.39 is 0 Å². The summed E-state index contributed by atoms with van der Waals surface area (Å²) in [5, 5.41) is 12.2. The van der Waals surface area contributed by atoms with Crippen molar-refractivity contribution in [3.05, 3.63) is 75.4 Å². The van der Waals surface area contributed by atoms with Crippen molar-refractivity contribution >= 4 is 63.6 Å². The van der Waals surface area contributed by atoms with E-state index >= 15 is 0 Å². The Morgan fingerprint density at radius 3 is 2.48 bits per heavy atom. The molecule has 0 amide bonds. The number of hydrogen-bond donors (Lipinski definition) is 2. The molecule has 0 fully saturated rings. The van der Waals surface area contributed by atoms with Gasteiger partial charge in [0, 0.05) is 11.2 Å². The first kappa shape index (κ1) is 18.0. The predicted octanol–water partition coefficient (Wildman–Crippen LogP) is 5.70. The van der Waals surface area contributed by atoms with E-state index in [9.17, 15) is 0 Å². The van der Waals surface area contributed by atoms with Gasteiger partial charge in [-0.05, 0) is 36.0 Å². The van der Waals surface area contributed by atoms with Crippen molar-refractivity contribution in [2.24, 2.45) is 0 Å². The maximum absolute atomic E-state index is 6.23. The third-order valence-corrected chi connectivity index (χ3v) is 4.34.